The molecule has 0 aliphatic heterocycles. The maximum Gasteiger partial charge on any atom is 0.252 e. The van der Waals surface area contributed by atoms with Crippen molar-refractivity contribution in [1.82, 2.24) is 5.32 Å². The molecule has 1 amide bonds. The highest BCUT2D eigenvalue weighted by molar-refractivity contribution is 6.34. The highest BCUT2D eigenvalue weighted by Crippen LogP contribution is 2.19. The summed E-state index contributed by atoms with van der Waals surface area (Å²) < 4.78 is 4.89. The minimum absolute atomic E-state index is 0.121. The maximum atomic E-state index is 11.9. The molecule has 0 heterocycles. The van der Waals surface area contributed by atoms with Gasteiger partial charge in [0.05, 0.1) is 16.2 Å². The summed E-state index contributed by atoms with van der Waals surface area (Å²) in [6, 6.07) is 4.67. The lowest BCUT2D eigenvalue weighted by atomic mass is 10.0. The Labute approximate surface area is 117 Å². The molecule has 0 aromatic heterocycles. The summed E-state index contributed by atoms with van der Waals surface area (Å²) in [7, 11) is 1.56. The monoisotopic (exact) mass is 286 g/mol. The first-order valence-corrected chi connectivity index (χ1v) is 6.28. The van der Waals surface area contributed by atoms with Gasteiger partial charge in [0.2, 0.25) is 0 Å². The van der Waals surface area contributed by atoms with E-state index in [2.05, 4.69) is 5.32 Å². The van der Waals surface area contributed by atoms with Gasteiger partial charge in [-0.05, 0) is 25.1 Å². The second kappa shape index (κ2) is 6.75. The second-order valence-electron chi connectivity index (χ2n) is 4.66. The van der Waals surface area contributed by atoms with Crippen LogP contribution in [0.5, 0.6) is 0 Å². The van der Waals surface area contributed by atoms with Crippen LogP contribution in [0.15, 0.2) is 18.2 Å². The van der Waals surface area contributed by atoms with Crippen molar-refractivity contribution in [2.24, 2.45) is 0 Å². The number of nitrogens with two attached hydrogens (primary N) is 1. The van der Waals surface area contributed by atoms with E-state index in [1.807, 2.05) is 0 Å². The number of nitrogens with one attached hydrogen (secondary N) is 1. The minimum atomic E-state index is -1.02. The lowest BCUT2D eigenvalue weighted by Gasteiger charge is -2.23. The van der Waals surface area contributed by atoms with Gasteiger partial charge in [0.15, 0.2) is 0 Å². The molecule has 106 valence electrons. The normalized spacial score (nSPS) is 13.9. The summed E-state index contributed by atoms with van der Waals surface area (Å²) in [5.41, 5.74) is 5.36. The van der Waals surface area contributed by atoms with Crippen molar-refractivity contribution in [2.45, 2.75) is 18.9 Å². The van der Waals surface area contributed by atoms with E-state index in [4.69, 9.17) is 22.1 Å². The Morgan fingerprint density at radius 2 is 2.26 bits per heavy atom. The van der Waals surface area contributed by atoms with Gasteiger partial charge >= 0.3 is 0 Å². The first-order chi connectivity index (χ1) is 8.85. The molecule has 6 heteroatoms. The Morgan fingerprint density at radius 3 is 2.84 bits per heavy atom. The number of aliphatic hydroxyl groups is 1. The molecular weight excluding hydrogens is 268 g/mol. The zero-order valence-electron chi connectivity index (χ0n) is 11.1. The lowest BCUT2D eigenvalue weighted by molar-refractivity contribution is 0.0243. The van der Waals surface area contributed by atoms with Crippen molar-refractivity contribution in [3.05, 3.63) is 28.8 Å². The van der Waals surface area contributed by atoms with Crippen LogP contribution in [0.3, 0.4) is 0 Å². The van der Waals surface area contributed by atoms with E-state index < -0.39 is 5.60 Å². The number of hydrogen-bond donors (Lipinski definition) is 3. The number of amides is 1. The highest BCUT2D eigenvalue weighted by Gasteiger charge is 2.21. The first kappa shape index (κ1) is 15.8. The van der Waals surface area contributed by atoms with Gasteiger partial charge in [-0.2, -0.15) is 0 Å². The molecule has 0 saturated heterocycles. The predicted molar refractivity (Wildman–Crippen MR) is 75.3 cm³/mol. The molecule has 1 atom stereocenters. The van der Waals surface area contributed by atoms with Crippen LogP contribution in [0.25, 0.3) is 0 Å². The summed E-state index contributed by atoms with van der Waals surface area (Å²) in [5, 5.41) is 12.9. The van der Waals surface area contributed by atoms with Gasteiger partial charge in [-0.1, -0.05) is 11.6 Å². The van der Waals surface area contributed by atoms with E-state index in [9.17, 15) is 9.90 Å². The standard InChI is InChI=1S/C13H19ClN2O3/c1-13(18,5-6-19-2)8-16-12(17)10-4-3-9(15)7-11(10)14/h3-4,7,18H,5-6,8,15H2,1-2H3,(H,16,17). The number of halogens is 1. The fourth-order valence-electron chi connectivity index (χ4n) is 1.49. The smallest absolute Gasteiger partial charge is 0.252 e. The van der Waals surface area contributed by atoms with E-state index in [0.29, 0.717) is 24.3 Å². The van der Waals surface area contributed by atoms with Crippen LogP contribution < -0.4 is 11.1 Å². The lowest BCUT2D eigenvalue weighted by Crippen LogP contribution is -2.41. The molecule has 0 aliphatic carbocycles. The molecule has 1 unspecified atom stereocenters. The highest BCUT2D eigenvalue weighted by atomic mass is 35.5. The minimum Gasteiger partial charge on any atom is -0.399 e. The van der Waals surface area contributed by atoms with Gasteiger partial charge in [0, 0.05) is 32.4 Å². The molecule has 0 spiro atoms. The molecule has 19 heavy (non-hydrogen) atoms. The van der Waals surface area contributed by atoms with E-state index in [0.717, 1.165) is 0 Å². The number of carbonyl (C=O) groups excluding carboxylic acids is 1. The summed E-state index contributed by atoms with van der Waals surface area (Å²) in [4.78, 5) is 11.9. The second-order valence-corrected chi connectivity index (χ2v) is 5.07. The van der Waals surface area contributed by atoms with Crippen molar-refractivity contribution in [3.8, 4) is 0 Å². The van der Waals surface area contributed by atoms with Crippen molar-refractivity contribution in [2.75, 3.05) is 26.0 Å². The summed E-state index contributed by atoms with van der Waals surface area (Å²) in [5.74, 6) is -0.345. The maximum absolute atomic E-state index is 11.9. The Kier molecular flexibility index (Phi) is 5.60. The van der Waals surface area contributed by atoms with Crippen LogP contribution in [0.2, 0.25) is 5.02 Å². The number of anilines is 1. The molecule has 0 saturated carbocycles. The number of ether oxygens (including phenoxy) is 1. The average Bonchev–Trinajstić information content (AvgIpc) is 2.34. The fraction of sp³-hybridized carbons (Fsp3) is 0.462. The third kappa shape index (κ3) is 5.06. The van der Waals surface area contributed by atoms with E-state index in [1.54, 1.807) is 26.2 Å². The van der Waals surface area contributed by atoms with Crippen LogP contribution in [0.1, 0.15) is 23.7 Å². The van der Waals surface area contributed by atoms with Crippen LogP contribution in [-0.2, 0) is 4.74 Å². The molecule has 1 aromatic rings. The SMILES string of the molecule is COCCC(C)(O)CNC(=O)c1ccc(N)cc1Cl. The van der Waals surface area contributed by atoms with Crippen molar-refractivity contribution in [1.29, 1.82) is 0 Å². The molecular formula is C13H19ClN2O3. The van der Waals surface area contributed by atoms with Crippen LogP contribution in [0, 0.1) is 0 Å². The van der Waals surface area contributed by atoms with E-state index >= 15 is 0 Å². The van der Waals surface area contributed by atoms with Crippen LogP contribution >= 0.6 is 11.6 Å². The zero-order valence-corrected chi connectivity index (χ0v) is 11.8. The zero-order chi connectivity index (χ0) is 14.5. The Hall–Kier alpha value is -1.30. The molecule has 1 rings (SSSR count). The van der Waals surface area contributed by atoms with Crippen molar-refractivity contribution in [3.63, 3.8) is 0 Å². The van der Waals surface area contributed by atoms with Crippen molar-refractivity contribution >= 4 is 23.2 Å². The third-order valence-corrected chi connectivity index (χ3v) is 3.03. The Bertz CT molecular complexity index is 450. The third-order valence-electron chi connectivity index (χ3n) is 2.71. The summed E-state index contributed by atoms with van der Waals surface area (Å²) in [6.07, 6.45) is 0.430. The molecule has 4 N–H and O–H groups in total. The average molecular weight is 287 g/mol. The van der Waals surface area contributed by atoms with Gasteiger partial charge in [0.1, 0.15) is 0 Å². The topological polar surface area (TPSA) is 84.6 Å². The van der Waals surface area contributed by atoms with Gasteiger partial charge in [-0.15, -0.1) is 0 Å². The Morgan fingerprint density at radius 1 is 1.58 bits per heavy atom. The van der Waals surface area contributed by atoms with Gasteiger partial charge in [0.25, 0.3) is 5.91 Å². The summed E-state index contributed by atoms with van der Waals surface area (Å²) >= 11 is 5.93. The van der Waals surface area contributed by atoms with Crippen LogP contribution in [-0.4, -0.2) is 36.9 Å². The Balaban J connectivity index is 2.60. The first-order valence-electron chi connectivity index (χ1n) is 5.90. The predicted octanol–water partition coefficient (Wildman–Crippen LogP) is 1.44. The van der Waals surface area contributed by atoms with Gasteiger partial charge < -0.3 is 20.9 Å². The summed E-state index contributed by atoms with van der Waals surface area (Å²) in [6.45, 7) is 2.18. The molecule has 0 radical (unpaired) electrons. The van der Waals surface area contributed by atoms with E-state index in [1.165, 1.54) is 6.07 Å². The number of hydrogen-bond acceptors (Lipinski definition) is 4. The van der Waals surface area contributed by atoms with Crippen molar-refractivity contribution < 1.29 is 14.6 Å². The fourth-order valence-corrected chi connectivity index (χ4v) is 1.77. The molecule has 0 fully saturated rings. The number of nitrogen functional groups attached to an aromatic ring is 1. The van der Waals surface area contributed by atoms with Crippen LogP contribution in [0.4, 0.5) is 5.69 Å². The van der Waals surface area contributed by atoms with Gasteiger partial charge in [-0.3, -0.25) is 4.79 Å². The quantitative estimate of drug-likeness (QED) is 0.691. The number of benzene rings is 1. The molecule has 5 nitrogen and oxygen atoms in total. The molecule has 1 aromatic carbocycles. The number of methoxy groups -OCH3 is 1. The van der Waals surface area contributed by atoms with Gasteiger partial charge in [-0.25, -0.2) is 0 Å². The molecule has 0 bridgehead atoms. The number of rotatable bonds is 6. The number of carbonyl (C=O) groups is 1. The molecule has 0 aliphatic rings. The van der Waals surface area contributed by atoms with E-state index in [-0.39, 0.29) is 17.5 Å². The largest absolute Gasteiger partial charge is 0.399 e.